The molecule has 0 saturated heterocycles. The van der Waals surface area contributed by atoms with Crippen LogP contribution in [0.3, 0.4) is 0 Å². The molecule has 42 valence electrons. The molecule has 0 aliphatic heterocycles. The summed E-state index contributed by atoms with van der Waals surface area (Å²) in [6.07, 6.45) is 0. The van der Waals surface area contributed by atoms with Gasteiger partial charge in [-0.1, -0.05) is 0 Å². The van der Waals surface area contributed by atoms with E-state index in [0.29, 0.717) is 6.47 Å². The van der Waals surface area contributed by atoms with Gasteiger partial charge in [0.2, 0.25) is 0 Å². The third-order valence-electron chi connectivity index (χ3n) is 0.400. The number of carbonyl (C=O) groups excluding carboxylic acids is 1. The molecule has 0 aliphatic carbocycles. The lowest BCUT2D eigenvalue weighted by atomic mass is 10.7. The smallest absolute Gasteiger partial charge is 0.293 e. The number of hydrogen-bond acceptors (Lipinski definition) is 4. The van der Waals surface area contributed by atoms with Gasteiger partial charge in [-0.3, -0.25) is 4.79 Å². The molecule has 0 amide bonds. The Balaban J connectivity index is 2.56. The van der Waals surface area contributed by atoms with E-state index >= 15 is 0 Å². The van der Waals surface area contributed by atoms with E-state index in [9.17, 15) is 4.79 Å². The van der Waals surface area contributed by atoms with E-state index in [1.165, 1.54) is 0 Å². The van der Waals surface area contributed by atoms with E-state index in [0.717, 1.165) is 0 Å². The van der Waals surface area contributed by atoms with Gasteiger partial charge in [0.05, 0.1) is 6.54 Å². The first kappa shape index (κ1) is 6.39. The van der Waals surface area contributed by atoms with Gasteiger partial charge in [-0.2, -0.15) is 0 Å². The molecule has 0 fully saturated rings. The monoisotopic (exact) mass is 105 g/mol. The van der Waals surface area contributed by atoms with Crippen molar-refractivity contribution < 1.29 is 14.7 Å². The van der Waals surface area contributed by atoms with Crippen molar-refractivity contribution in [3.8, 4) is 0 Å². The van der Waals surface area contributed by atoms with Gasteiger partial charge in [0, 0.05) is 0 Å². The van der Waals surface area contributed by atoms with Crippen molar-refractivity contribution in [3.63, 3.8) is 0 Å². The molecule has 7 heavy (non-hydrogen) atoms. The lowest BCUT2D eigenvalue weighted by molar-refractivity contribution is -0.128. The second-order valence-corrected chi connectivity index (χ2v) is 0.875. The summed E-state index contributed by atoms with van der Waals surface area (Å²) in [7, 11) is 0. The maximum absolute atomic E-state index is 9.35. The minimum Gasteiger partial charge on any atom is -0.466 e. The Bertz CT molecular complexity index is 47.4. The number of carbonyl (C=O) groups is 1. The molecule has 0 saturated carbocycles. The Labute approximate surface area is 41.0 Å². The van der Waals surface area contributed by atoms with Crippen molar-refractivity contribution in [2.45, 2.75) is 0 Å². The summed E-state index contributed by atoms with van der Waals surface area (Å²) in [5, 5.41) is 7.85. The Morgan fingerprint density at radius 3 is 3.00 bits per heavy atom. The van der Waals surface area contributed by atoms with Crippen LogP contribution in [-0.4, -0.2) is 24.8 Å². The van der Waals surface area contributed by atoms with Gasteiger partial charge < -0.3 is 9.94 Å². The standard InChI is InChI=1S/C3H7NO3/c5-3-7-2-1-4-6/h3-4,6H,1-2H2. The first-order valence-corrected chi connectivity index (χ1v) is 1.84. The Kier molecular flexibility index (Phi) is 4.92. The zero-order valence-electron chi connectivity index (χ0n) is 3.76. The molecule has 0 radical (unpaired) electrons. The average Bonchev–Trinajstić information content (AvgIpc) is 1.69. The molecule has 0 atom stereocenters. The van der Waals surface area contributed by atoms with Crippen molar-refractivity contribution in [1.29, 1.82) is 0 Å². The number of rotatable bonds is 4. The SMILES string of the molecule is O=COCCNO. The summed E-state index contributed by atoms with van der Waals surface area (Å²) in [5.74, 6) is 0. The topological polar surface area (TPSA) is 58.6 Å². The molecule has 0 rings (SSSR count). The van der Waals surface area contributed by atoms with Gasteiger partial charge in [-0.25, -0.2) is 5.48 Å². The molecule has 0 bridgehead atoms. The highest BCUT2D eigenvalue weighted by atomic mass is 16.5. The predicted molar refractivity (Wildman–Crippen MR) is 21.8 cm³/mol. The first-order valence-electron chi connectivity index (χ1n) is 1.84. The molecule has 4 nitrogen and oxygen atoms in total. The molecule has 0 aromatic heterocycles. The highest BCUT2D eigenvalue weighted by Crippen LogP contribution is 1.59. The fraction of sp³-hybridized carbons (Fsp3) is 0.667. The number of hydrogen-bond donors (Lipinski definition) is 2. The second kappa shape index (κ2) is 5.39. The summed E-state index contributed by atoms with van der Waals surface area (Å²) in [5.41, 5.74) is 1.82. The first-order chi connectivity index (χ1) is 3.41. The van der Waals surface area contributed by atoms with E-state index in [4.69, 9.17) is 5.21 Å². The van der Waals surface area contributed by atoms with E-state index in [-0.39, 0.29) is 13.2 Å². The van der Waals surface area contributed by atoms with E-state index in [1.807, 2.05) is 5.48 Å². The van der Waals surface area contributed by atoms with Crippen LogP contribution in [0.1, 0.15) is 0 Å². The van der Waals surface area contributed by atoms with Crippen LogP contribution < -0.4 is 5.48 Å². The Morgan fingerprint density at radius 1 is 1.86 bits per heavy atom. The minimum absolute atomic E-state index is 0.208. The molecule has 0 unspecified atom stereocenters. The Morgan fingerprint density at radius 2 is 2.57 bits per heavy atom. The predicted octanol–water partition coefficient (Wildman–Crippen LogP) is -0.862. The van der Waals surface area contributed by atoms with Crippen molar-refractivity contribution in [3.05, 3.63) is 0 Å². The normalized spacial score (nSPS) is 8.14. The average molecular weight is 105 g/mol. The van der Waals surface area contributed by atoms with Crippen LogP contribution in [0, 0.1) is 0 Å². The number of ether oxygens (including phenoxy) is 1. The number of nitrogens with one attached hydrogen (secondary N) is 1. The summed E-state index contributed by atoms with van der Waals surface area (Å²) in [4.78, 5) is 9.35. The van der Waals surface area contributed by atoms with Crippen molar-refractivity contribution in [1.82, 2.24) is 5.48 Å². The highest BCUT2D eigenvalue weighted by molar-refractivity contribution is 5.36. The third kappa shape index (κ3) is 5.39. The van der Waals surface area contributed by atoms with Crippen LogP contribution >= 0.6 is 0 Å². The highest BCUT2D eigenvalue weighted by Gasteiger charge is 1.77. The maximum Gasteiger partial charge on any atom is 0.293 e. The fourth-order valence-corrected chi connectivity index (χ4v) is 0.153. The third-order valence-corrected chi connectivity index (χ3v) is 0.400. The maximum atomic E-state index is 9.35. The largest absolute Gasteiger partial charge is 0.466 e. The zero-order valence-corrected chi connectivity index (χ0v) is 3.76. The van der Waals surface area contributed by atoms with Crippen molar-refractivity contribution in [2.24, 2.45) is 0 Å². The molecule has 2 N–H and O–H groups in total. The molecule has 0 aromatic carbocycles. The van der Waals surface area contributed by atoms with Crippen LogP contribution in [0.5, 0.6) is 0 Å². The van der Waals surface area contributed by atoms with Gasteiger partial charge in [0.15, 0.2) is 0 Å². The van der Waals surface area contributed by atoms with Crippen molar-refractivity contribution in [2.75, 3.05) is 13.2 Å². The van der Waals surface area contributed by atoms with E-state index in [1.54, 1.807) is 0 Å². The molecule has 0 aliphatic rings. The van der Waals surface area contributed by atoms with Crippen molar-refractivity contribution >= 4 is 6.47 Å². The fourth-order valence-electron chi connectivity index (χ4n) is 0.153. The molecule has 4 heteroatoms. The van der Waals surface area contributed by atoms with Crippen LogP contribution in [0.4, 0.5) is 0 Å². The van der Waals surface area contributed by atoms with Gasteiger partial charge in [0.1, 0.15) is 6.61 Å². The van der Waals surface area contributed by atoms with Gasteiger partial charge in [-0.05, 0) is 0 Å². The van der Waals surface area contributed by atoms with Gasteiger partial charge in [0.25, 0.3) is 6.47 Å². The van der Waals surface area contributed by atoms with Crippen LogP contribution in [0.25, 0.3) is 0 Å². The van der Waals surface area contributed by atoms with Gasteiger partial charge in [-0.15, -0.1) is 0 Å². The van der Waals surface area contributed by atoms with Gasteiger partial charge >= 0.3 is 0 Å². The molecule has 0 spiro atoms. The van der Waals surface area contributed by atoms with Crippen LogP contribution in [0.2, 0.25) is 0 Å². The summed E-state index contributed by atoms with van der Waals surface area (Å²) in [6, 6.07) is 0. The second-order valence-electron chi connectivity index (χ2n) is 0.875. The zero-order chi connectivity index (χ0) is 5.54. The van der Waals surface area contributed by atoms with Crippen LogP contribution in [0.15, 0.2) is 0 Å². The molecular weight excluding hydrogens is 98.0 g/mol. The number of hydroxylamine groups is 1. The quantitative estimate of drug-likeness (QED) is 0.277. The minimum atomic E-state index is 0.208. The molecule has 0 aromatic rings. The summed E-state index contributed by atoms with van der Waals surface area (Å²) >= 11 is 0. The lowest BCUT2D eigenvalue weighted by Crippen LogP contribution is -2.14. The Hall–Kier alpha value is -0.610. The van der Waals surface area contributed by atoms with Crippen LogP contribution in [-0.2, 0) is 9.53 Å². The van der Waals surface area contributed by atoms with E-state index in [2.05, 4.69) is 4.74 Å². The summed E-state index contributed by atoms with van der Waals surface area (Å²) in [6.45, 7) is 0.816. The molecule has 0 heterocycles. The molecular formula is C3H7NO3. The lowest BCUT2D eigenvalue weighted by Gasteiger charge is -1.92. The van der Waals surface area contributed by atoms with E-state index < -0.39 is 0 Å². The summed E-state index contributed by atoms with van der Waals surface area (Å²) < 4.78 is 4.17.